The Labute approximate surface area is 133 Å². The van der Waals surface area contributed by atoms with Gasteiger partial charge in [0.25, 0.3) is 0 Å². The fraction of sp³-hybridized carbons (Fsp3) is 0.533. The molecule has 0 aromatic heterocycles. The van der Waals surface area contributed by atoms with Gasteiger partial charge < -0.3 is 14.8 Å². The summed E-state index contributed by atoms with van der Waals surface area (Å²) in [6.07, 6.45) is 0. The van der Waals surface area contributed by atoms with E-state index in [1.54, 1.807) is 7.11 Å². The van der Waals surface area contributed by atoms with Gasteiger partial charge in [-0.05, 0) is 25.1 Å². The molecule has 1 saturated heterocycles. The second-order valence-electron chi connectivity index (χ2n) is 4.90. The van der Waals surface area contributed by atoms with E-state index in [-0.39, 0.29) is 12.0 Å². The van der Waals surface area contributed by atoms with Crippen molar-refractivity contribution in [1.29, 1.82) is 0 Å². The van der Waals surface area contributed by atoms with Crippen molar-refractivity contribution in [3.63, 3.8) is 0 Å². The number of halogens is 1. The van der Waals surface area contributed by atoms with E-state index in [2.05, 4.69) is 26.1 Å². The van der Waals surface area contributed by atoms with Gasteiger partial charge in [-0.1, -0.05) is 15.9 Å². The Morgan fingerprint density at radius 1 is 1.52 bits per heavy atom. The number of hydrogen-bond donors (Lipinski definition) is 1. The molecular formula is C15H21BrN2O3. The zero-order chi connectivity index (χ0) is 15.2. The smallest absolute Gasteiger partial charge is 0.324 e. The lowest BCUT2D eigenvalue weighted by Gasteiger charge is -2.34. The first-order chi connectivity index (χ1) is 10.2. The van der Waals surface area contributed by atoms with E-state index in [9.17, 15) is 4.79 Å². The van der Waals surface area contributed by atoms with Crippen LogP contribution in [0.1, 0.15) is 12.5 Å². The van der Waals surface area contributed by atoms with E-state index in [1.807, 2.05) is 25.1 Å². The highest BCUT2D eigenvalue weighted by molar-refractivity contribution is 9.10. The Kier molecular flexibility index (Phi) is 6.02. The van der Waals surface area contributed by atoms with Crippen LogP contribution in [0, 0.1) is 0 Å². The van der Waals surface area contributed by atoms with Crippen molar-refractivity contribution in [3.05, 3.63) is 28.2 Å². The van der Waals surface area contributed by atoms with Crippen molar-refractivity contribution >= 4 is 21.9 Å². The number of methoxy groups -OCH3 is 1. The number of piperazine rings is 1. The summed E-state index contributed by atoms with van der Waals surface area (Å²) < 4.78 is 11.6. The number of nitrogens with one attached hydrogen (secondary N) is 1. The third-order valence-corrected chi connectivity index (χ3v) is 4.02. The second kappa shape index (κ2) is 7.77. The average Bonchev–Trinajstić information content (AvgIpc) is 2.48. The highest BCUT2D eigenvalue weighted by Gasteiger charge is 2.30. The van der Waals surface area contributed by atoms with Gasteiger partial charge >= 0.3 is 5.97 Å². The van der Waals surface area contributed by atoms with Crippen LogP contribution >= 0.6 is 15.9 Å². The van der Waals surface area contributed by atoms with E-state index in [0.29, 0.717) is 19.7 Å². The molecule has 1 heterocycles. The third-order valence-electron chi connectivity index (χ3n) is 3.53. The molecule has 0 spiro atoms. The zero-order valence-electron chi connectivity index (χ0n) is 12.4. The molecule has 0 radical (unpaired) electrons. The minimum absolute atomic E-state index is 0.168. The van der Waals surface area contributed by atoms with Crippen molar-refractivity contribution < 1.29 is 14.3 Å². The van der Waals surface area contributed by atoms with Gasteiger partial charge in [0.2, 0.25) is 0 Å². The lowest BCUT2D eigenvalue weighted by Crippen LogP contribution is -2.54. The summed E-state index contributed by atoms with van der Waals surface area (Å²) in [5.41, 5.74) is 1.06. The van der Waals surface area contributed by atoms with Gasteiger partial charge in [0.05, 0.1) is 13.7 Å². The fourth-order valence-corrected chi connectivity index (χ4v) is 2.90. The van der Waals surface area contributed by atoms with Crippen LogP contribution in [-0.4, -0.2) is 50.3 Å². The predicted molar refractivity (Wildman–Crippen MR) is 84.4 cm³/mol. The molecule has 1 aliphatic heterocycles. The van der Waals surface area contributed by atoms with Crippen molar-refractivity contribution in [2.45, 2.75) is 19.5 Å². The molecule has 0 aliphatic carbocycles. The average molecular weight is 357 g/mol. The van der Waals surface area contributed by atoms with Gasteiger partial charge in [0, 0.05) is 36.2 Å². The second-order valence-corrected chi connectivity index (χ2v) is 5.81. The topological polar surface area (TPSA) is 50.8 Å². The molecule has 0 saturated carbocycles. The van der Waals surface area contributed by atoms with Crippen molar-refractivity contribution in [3.8, 4) is 5.75 Å². The molecule has 1 atom stereocenters. The van der Waals surface area contributed by atoms with Crippen LogP contribution in [0.3, 0.4) is 0 Å². The standard InChI is InChI=1S/C15H21BrN2O3/c1-3-21-15(19)13-9-17-6-7-18(13)10-11-8-12(16)4-5-14(11)20-2/h4-5,8,13,17H,3,6-7,9-10H2,1-2H3. The minimum Gasteiger partial charge on any atom is -0.496 e. The summed E-state index contributed by atoms with van der Waals surface area (Å²) >= 11 is 3.48. The van der Waals surface area contributed by atoms with Crippen LogP contribution in [0.2, 0.25) is 0 Å². The molecule has 1 fully saturated rings. The third kappa shape index (κ3) is 4.18. The van der Waals surface area contributed by atoms with E-state index in [1.165, 1.54) is 0 Å². The van der Waals surface area contributed by atoms with Crippen molar-refractivity contribution in [2.24, 2.45) is 0 Å². The lowest BCUT2D eigenvalue weighted by atomic mass is 10.1. The molecule has 5 nitrogen and oxygen atoms in total. The van der Waals surface area contributed by atoms with Crippen LogP contribution in [0.5, 0.6) is 5.75 Å². The summed E-state index contributed by atoms with van der Waals surface area (Å²) in [6, 6.07) is 5.66. The van der Waals surface area contributed by atoms with Gasteiger partial charge in [0.15, 0.2) is 0 Å². The normalized spacial score (nSPS) is 19.3. The number of hydrogen-bond acceptors (Lipinski definition) is 5. The number of nitrogens with zero attached hydrogens (tertiary/aromatic N) is 1. The Balaban J connectivity index is 2.15. The van der Waals surface area contributed by atoms with Crippen LogP contribution in [0.15, 0.2) is 22.7 Å². The Morgan fingerprint density at radius 3 is 3.05 bits per heavy atom. The molecule has 1 aromatic carbocycles. The first kappa shape index (κ1) is 16.3. The zero-order valence-corrected chi connectivity index (χ0v) is 14.0. The van der Waals surface area contributed by atoms with E-state index in [0.717, 1.165) is 28.9 Å². The van der Waals surface area contributed by atoms with E-state index >= 15 is 0 Å². The first-order valence-corrected chi connectivity index (χ1v) is 7.88. The summed E-state index contributed by atoms with van der Waals surface area (Å²) in [5.74, 6) is 0.665. The van der Waals surface area contributed by atoms with Gasteiger partial charge in [-0.15, -0.1) is 0 Å². The SMILES string of the molecule is CCOC(=O)C1CNCCN1Cc1cc(Br)ccc1OC. The number of esters is 1. The number of carbonyl (C=O) groups is 1. The Hall–Kier alpha value is -1.11. The molecular weight excluding hydrogens is 336 g/mol. The number of carbonyl (C=O) groups excluding carboxylic acids is 1. The van der Waals surface area contributed by atoms with Crippen LogP contribution in [0.4, 0.5) is 0 Å². The Morgan fingerprint density at radius 2 is 2.33 bits per heavy atom. The summed E-state index contributed by atoms with van der Waals surface area (Å²) in [4.78, 5) is 14.2. The van der Waals surface area contributed by atoms with Gasteiger partial charge in [-0.2, -0.15) is 0 Å². The molecule has 2 rings (SSSR count). The largest absolute Gasteiger partial charge is 0.496 e. The molecule has 1 aliphatic rings. The summed E-state index contributed by atoms with van der Waals surface area (Å²) in [7, 11) is 1.66. The lowest BCUT2D eigenvalue weighted by molar-refractivity contribution is -0.150. The fourth-order valence-electron chi connectivity index (χ4n) is 2.50. The molecule has 1 aromatic rings. The first-order valence-electron chi connectivity index (χ1n) is 7.09. The molecule has 21 heavy (non-hydrogen) atoms. The number of ether oxygens (including phenoxy) is 2. The van der Waals surface area contributed by atoms with E-state index < -0.39 is 0 Å². The van der Waals surface area contributed by atoms with Gasteiger partial charge in [-0.3, -0.25) is 9.69 Å². The summed E-state index contributed by atoms with van der Waals surface area (Å²) in [5, 5.41) is 3.25. The maximum Gasteiger partial charge on any atom is 0.324 e. The minimum atomic E-state index is -0.248. The highest BCUT2D eigenvalue weighted by atomic mass is 79.9. The monoisotopic (exact) mass is 356 g/mol. The Bertz CT molecular complexity index is 496. The predicted octanol–water partition coefficient (Wildman–Crippen LogP) is 1.79. The van der Waals surface area contributed by atoms with Crippen LogP contribution in [-0.2, 0) is 16.1 Å². The molecule has 1 unspecified atom stereocenters. The summed E-state index contributed by atoms with van der Waals surface area (Å²) in [6.45, 7) is 5.19. The quantitative estimate of drug-likeness (QED) is 0.815. The van der Waals surface area contributed by atoms with Crippen LogP contribution < -0.4 is 10.1 Å². The van der Waals surface area contributed by atoms with Gasteiger partial charge in [0.1, 0.15) is 11.8 Å². The molecule has 0 amide bonds. The molecule has 0 bridgehead atoms. The number of benzene rings is 1. The highest BCUT2D eigenvalue weighted by Crippen LogP contribution is 2.25. The van der Waals surface area contributed by atoms with E-state index in [4.69, 9.17) is 9.47 Å². The van der Waals surface area contributed by atoms with Crippen LogP contribution in [0.25, 0.3) is 0 Å². The van der Waals surface area contributed by atoms with Crippen molar-refractivity contribution in [2.75, 3.05) is 33.4 Å². The number of rotatable bonds is 5. The maximum absolute atomic E-state index is 12.1. The van der Waals surface area contributed by atoms with Gasteiger partial charge in [-0.25, -0.2) is 0 Å². The maximum atomic E-state index is 12.1. The molecule has 6 heteroatoms. The molecule has 1 N–H and O–H groups in total. The van der Waals surface area contributed by atoms with Crippen molar-refractivity contribution in [1.82, 2.24) is 10.2 Å². The molecule has 116 valence electrons.